The SMILES string of the molecule is O=C(O)C1CC(C(=O)NCc2ccc(Oc3ccccc3)cc2)C1C(=O)O. The van der Waals surface area contributed by atoms with Crippen molar-refractivity contribution >= 4 is 17.8 Å². The third kappa shape index (κ3) is 4.25. The van der Waals surface area contributed by atoms with Gasteiger partial charge in [0.1, 0.15) is 11.5 Å². The molecule has 3 rings (SSSR count). The second kappa shape index (κ2) is 7.90. The number of nitrogens with one attached hydrogen (secondary N) is 1. The van der Waals surface area contributed by atoms with Crippen LogP contribution in [0.3, 0.4) is 0 Å². The minimum Gasteiger partial charge on any atom is -0.481 e. The molecule has 1 fully saturated rings. The lowest BCUT2D eigenvalue weighted by Crippen LogP contribution is -2.52. The normalized spacial score (nSPS) is 21.0. The third-order valence-corrected chi connectivity index (χ3v) is 4.68. The lowest BCUT2D eigenvalue weighted by atomic mass is 9.64. The minimum atomic E-state index is -1.25. The van der Waals surface area contributed by atoms with Crippen LogP contribution in [0.4, 0.5) is 0 Å². The molecule has 1 aliphatic carbocycles. The first kappa shape index (κ1) is 18.4. The number of rotatable bonds is 7. The maximum Gasteiger partial charge on any atom is 0.308 e. The third-order valence-electron chi connectivity index (χ3n) is 4.68. The van der Waals surface area contributed by atoms with Gasteiger partial charge in [0.25, 0.3) is 0 Å². The molecule has 27 heavy (non-hydrogen) atoms. The number of para-hydroxylation sites is 1. The number of hydrogen-bond acceptors (Lipinski definition) is 4. The Bertz CT molecular complexity index is 833. The van der Waals surface area contributed by atoms with Gasteiger partial charge in [0, 0.05) is 6.54 Å². The Kier molecular flexibility index (Phi) is 5.40. The lowest BCUT2D eigenvalue weighted by Gasteiger charge is -2.38. The van der Waals surface area contributed by atoms with Crippen LogP contribution in [-0.2, 0) is 20.9 Å². The molecule has 1 aliphatic rings. The number of amides is 1. The van der Waals surface area contributed by atoms with E-state index in [9.17, 15) is 14.4 Å². The zero-order valence-electron chi connectivity index (χ0n) is 14.4. The summed E-state index contributed by atoms with van der Waals surface area (Å²) in [6.45, 7) is 0.227. The number of carbonyl (C=O) groups excluding carboxylic acids is 1. The standard InChI is InChI=1S/C20H19NO6/c22-18(15-10-16(19(23)24)17(15)20(25)26)21-11-12-6-8-14(9-7-12)27-13-4-2-1-3-5-13/h1-9,15-17H,10-11H2,(H,21,22)(H,23,24)(H,25,26). The molecular weight excluding hydrogens is 350 g/mol. The summed E-state index contributed by atoms with van der Waals surface area (Å²) in [6, 6.07) is 16.5. The first-order chi connectivity index (χ1) is 13.0. The minimum absolute atomic E-state index is 0.0436. The summed E-state index contributed by atoms with van der Waals surface area (Å²) in [7, 11) is 0. The first-order valence-electron chi connectivity index (χ1n) is 8.51. The number of ether oxygens (including phenoxy) is 1. The Hall–Kier alpha value is -3.35. The molecule has 7 nitrogen and oxygen atoms in total. The van der Waals surface area contributed by atoms with Gasteiger partial charge < -0.3 is 20.3 Å². The van der Waals surface area contributed by atoms with E-state index in [1.165, 1.54) is 0 Å². The van der Waals surface area contributed by atoms with E-state index >= 15 is 0 Å². The van der Waals surface area contributed by atoms with Crippen molar-refractivity contribution in [3.63, 3.8) is 0 Å². The Morgan fingerprint density at radius 3 is 2.11 bits per heavy atom. The molecule has 0 aliphatic heterocycles. The van der Waals surface area contributed by atoms with E-state index in [0.717, 1.165) is 11.3 Å². The lowest BCUT2D eigenvalue weighted by molar-refractivity contribution is -0.169. The van der Waals surface area contributed by atoms with E-state index in [-0.39, 0.29) is 13.0 Å². The molecule has 2 aromatic carbocycles. The van der Waals surface area contributed by atoms with Crippen LogP contribution in [0.1, 0.15) is 12.0 Å². The van der Waals surface area contributed by atoms with Crippen LogP contribution in [0.25, 0.3) is 0 Å². The molecule has 3 unspecified atom stereocenters. The maximum atomic E-state index is 12.2. The fourth-order valence-electron chi connectivity index (χ4n) is 3.14. The average Bonchev–Trinajstić information content (AvgIpc) is 2.60. The summed E-state index contributed by atoms with van der Waals surface area (Å²) in [5.41, 5.74) is 0.824. The zero-order chi connectivity index (χ0) is 19.4. The second-order valence-electron chi connectivity index (χ2n) is 6.43. The fraction of sp³-hybridized carbons (Fsp3) is 0.250. The molecule has 3 N–H and O–H groups in total. The fourth-order valence-corrected chi connectivity index (χ4v) is 3.14. The van der Waals surface area contributed by atoms with Gasteiger partial charge in [0.05, 0.1) is 17.8 Å². The summed E-state index contributed by atoms with van der Waals surface area (Å²) in [5.74, 6) is -4.50. The van der Waals surface area contributed by atoms with Crippen LogP contribution >= 0.6 is 0 Å². The number of hydrogen-bond donors (Lipinski definition) is 3. The summed E-state index contributed by atoms with van der Waals surface area (Å²) in [5, 5.41) is 20.8. The molecule has 140 valence electrons. The molecule has 1 amide bonds. The Morgan fingerprint density at radius 2 is 1.52 bits per heavy atom. The molecule has 0 aromatic heterocycles. The molecular formula is C20H19NO6. The van der Waals surface area contributed by atoms with Gasteiger partial charge in [-0.05, 0) is 36.2 Å². The van der Waals surface area contributed by atoms with Crippen LogP contribution in [0, 0.1) is 17.8 Å². The monoisotopic (exact) mass is 369 g/mol. The Labute approximate surface area is 155 Å². The van der Waals surface area contributed by atoms with Crippen molar-refractivity contribution in [1.82, 2.24) is 5.32 Å². The highest BCUT2D eigenvalue weighted by molar-refractivity contribution is 5.91. The predicted molar refractivity (Wildman–Crippen MR) is 95.2 cm³/mol. The van der Waals surface area contributed by atoms with E-state index in [0.29, 0.717) is 5.75 Å². The van der Waals surface area contributed by atoms with Crippen LogP contribution < -0.4 is 10.1 Å². The molecule has 0 bridgehead atoms. The van der Waals surface area contributed by atoms with E-state index in [1.807, 2.05) is 30.3 Å². The Morgan fingerprint density at radius 1 is 0.889 bits per heavy atom. The molecule has 3 atom stereocenters. The summed E-state index contributed by atoms with van der Waals surface area (Å²) < 4.78 is 5.69. The molecule has 0 heterocycles. The smallest absolute Gasteiger partial charge is 0.308 e. The molecule has 0 saturated heterocycles. The van der Waals surface area contributed by atoms with Crippen LogP contribution in [0.2, 0.25) is 0 Å². The highest BCUT2D eigenvalue weighted by atomic mass is 16.5. The van der Waals surface area contributed by atoms with E-state index < -0.39 is 35.6 Å². The van der Waals surface area contributed by atoms with E-state index in [4.69, 9.17) is 14.9 Å². The Balaban J connectivity index is 1.53. The molecule has 7 heteroatoms. The van der Waals surface area contributed by atoms with Crippen LogP contribution in [-0.4, -0.2) is 28.1 Å². The van der Waals surface area contributed by atoms with E-state index in [1.54, 1.807) is 24.3 Å². The van der Waals surface area contributed by atoms with E-state index in [2.05, 4.69) is 5.32 Å². The van der Waals surface area contributed by atoms with Gasteiger partial charge in [-0.15, -0.1) is 0 Å². The van der Waals surface area contributed by atoms with Gasteiger partial charge in [0.15, 0.2) is 0 Å². The molecule has 2 aromatic rings. The predicted octanol–water partition coefficient (Wildman–Crippen LogP) is 2.52. The van der Waals surface area contributed by atoms with Crippen LogP contribution in [0.5, 0.6) is 11.5 Å². The maximum absolute atomic E-state index is 12.2. The molecule has 1 saturated carbocycles. The van der Waals surface area contributed by atoms with Gasteiger partial charge in [-0.2, -0.15) is 0 Å². The van der Waals surface area contributed by atoms with Crippen molar-refractivity contribution in [2.75, 3.05) is 0 Å². The summed E-state index contributed by atoms with van der Waals surface area (Å²) >= 11 is 0. The first-order valence-corrected chi connectivity index (χ1v) is 8.51. The number of carboxylic acids is 2. The van der Waals surface area contributed by atoms with Crippen LogP contribution in [0.15, 0.2) is 54.6 Å². The number of benzene rings is 2. The molecule has 0 spiro atoms. The van der Waals surface area contributed by atoms with Gasteiger partial charge in [-0.1, -0.05) is 30.3 Å². The highest BCUT2D eigenvalue weighted by Crippen LogP contribution is 2.41. The quantitative estimate of drug-likeness (QED) is 0.691. The van der Waals surface area contributed by atoms with Gasteiger partial charge in [-0.25, -0.2) is 0 Å². The van der Waals surface area contributed by atoms with Gasteiger partial charge in [0.2, 0.25) is 5.91 Å². The zero-order valence-corrected chi connectivity index (χ0v) is 14.4. The average molecular weight is 369 g/mol. The number of aliphatic carboxylic acids is 2. The number of carbonyl (C=O) groups is 3. The topological polar surface area (TPSA) is 113 Å². The summed E-state index contributed by atoms with van der Waals surface area (Å²) in [4.78, 5) is 34.4. The summed E-state index contributed by atoms with van der Waals surface area (Å²) in [6.07, 6.45) is 0.0436. The van der Waals surface area contributed by atoms with Crippen molar-refractivity contribution in [3.8, 4) is 11.5 Å². The van der Waals surface area contributed by atoms with Crippen molar-refractivity contribution in [1.29, 1.82) is 0 Å². The second-order valence-corrected chi connectivity index (χ2v) is 6.43. The van der Waals surface area contributed by atoms with Crippen molar-refractivity contribution in [2.24, 2.45) is 17.8 Å². The largest absolute Gasteiger partial charge is 0.481 e. The van der Waals surface area contributed by atoms with Crippen molar-refractivity contribution in [2.45, 2.75) is 13.0 Å². The van der Waals surface area contributed by atoms with Crippen molar-refractivity contribution in [3.05, 3.63) is 60.2 Å². The highest BCUT2D eigenvalue weighted by Gasteiger charge is 2.53. The molecule has 0 radical (unpaired) electrons. The number of carboxylic acid groups (broad SMARTS) is 2. The van der Waals surface area contributed by atoms with Gasteiger partial charge in [-0.3, -0.25) is 14.4 Å². The van der Waals surface area contributed by atoms with Crippen molar-refractivity contribution < 1.29 is 29.3 Å². The van der Waals surface area contributed by atoms with Gasteiger partial charge >= 0.3 is 11.9 Å².